The first-order valence-corrected chi connectivity index (χ1v) is 16.1. The Hall–Kier alpha value is -3.18. The Morgan fingerprint density at radius 1 is 0.977 bits per heavy atom. The van der Waals surface area contributed by atoms with Gasteiger partial charge >= 0.3 is 10.2 Å². The van der Waals surface area contributed by atoms with Gasteiger partial charge in [-0.15, -0.1) is 0 Å². The van der Waals surface area contributed by atoms with E-state index in [9.17, 15) is 22.4 Å². The van der Waals surface area contributed by atoms with E-state index in [0.717, 1.165) is 45.9 Å². The lowest BCUT2D eigenvalue weighted by Crippen LogP contribution is -2.55. The average Bonchev–Trinajstić information content (AvgIpc) is 3.48. The van der Waals surface area contributed by atoms with Crippen LogP contribution in [-0.2, 0) is 32.8 Å². The second kappa shape index (κ2) is 14.5. The number of halogens is 3. The van der Waals surface area contributed by atoms with Crippen molar-refractivity contribution in [3.8, 4) is 0 Å². The van der Waals surface area contributed by atoms with Crippen LogP contribution >= 0.6 is 23.2 Å². The quantitative estimate of drug-likeness (QED) is 0.283. The summed E-state index contributed by atoms with van der Waals surface area (Å²) in [6.45, 7) is -0.869. The average molecular weight is 650 g/mol. The van der Waals surface area contributed by atoms with Crippen LogP contribution in [0.3, 0.4) is 0 Å². The van der Waals surface area contributed by atoms with Gasteiger partial charge in [-0.05, 0) is 48.2 Å². The molecule has 43 heavy (non-hydrogen) atoms. The van der Waals surface area contributed by atoms with Crippen molar-refractivity contribution in [2.24, 2.45) is 0 Å². The van der Waals surface area contributed by atoms with Gasteiger partial charge < -0.3 is 10.2 Å². The van der Waals surface area contributed by atoms with Gasteiger partial charge in [-0.2, -0.15) is 12.7 Å². The maximum Gasteiger partial charge on any atom is 0.304 e. The molecule has 0 unspecified atom stereocenters. The molecule has 1 atom stereocenters. The predicted molar refractivity (Wildman–Crippen MR) is 168 cm³/mol. The molecule has 1 aliphatic carbocycles. The van der Waals surface area contributed by atoms with Crippen LogP contribution in [0.15, 0.2) is 72.8 Å². The van der Waals surface area contributed by atoms with E-state index in [4.69, 9.17) is 23.2 Å². The number of nitrogens with one attached hydrogen (secondary N) is 1. The molecule has 0 radical (unpaired) electrons. The van der Waals surface area contributed by atoms with E-state index in [-0.39, 0.29) is 35.6 Å². The molecule has 0 heterocycles. The number of rotatable bonds is 12. The summed E-state index contributed by atoms with van der Waals surface area (Å²) in [6, 6.07) is 18.3. The van der Waals surface area contributed by atoms with Gasteiger partial charge in [-0.1, -0.05) is 84.6 Å². The van der Waals surface area contributed by atoms with Crippen LogP contribution in [0.4, 0.5) is 10.1 Å². The number of para-hydroxylation sites is 1. The molecule has 3 aromatic rings. The van der Waals surface area contributed by atoms with E-state index in [2.05, 4.69) is 5.32 Å². The maximum absolute atomic E-state index is 15.0. The van der Waals surface area contributed by atoms with E-state index in [1.165, 1.54) is 43.3 Å². The smallest absolute Gasteiger partial charge is 0.304 e. The van der Waals surface area contributed by atoms with E-state index in [1.54, 1.807) is 12.1 Å². The summed E-state index contributed by atoms with van der Waals surface area (Å²) in [5.74, 6) is -1.88. The molecule has 3 aromatic carbocycles. The standard InChI is InChI=1S/C31H35Cl2FN4O4S/c1-36(2)43(41,42)38(28-15-9-8-14-27(28)34)21-30(39)37(20-23-16-17-24(32)19-26(23)33)29(18-22-10-4-3-5-11-22)31(40)35-25-12-6-7-13-25/h3-5,8-11,14-17,19,25,29H,6-7,12-13,18,20-21H2,1-2H3,(H,35,40)/t29-/m1/s1. The van der Waals surface area contributed by atoms with Crippen molar-refractivity contribution in [2.75, 3.05) is 24.9 Å². The number of hydrogen-bond acceptors (Lipinski definition) is 4. The van der Waals surface area contributed by atoms with Crippen molar-refractivity contribution in [2.45, 2.75) is 50.7 Å². The summed E-state index contributed by atoms with van der Waals surface area (Å²) >= 11 is 12.6. The summed E-state index contributed by atoms with van der Waals surface area (Å²) in [5.41, 5.74) is 1.03. The van der Waals surface area contributed by atoms with Crippen LogP contribution in [0.5, 0.6) is 0 Å². The first kappa shape index (κ1) is 32.7. The number of hydrogen-bond donors (Lipinski definition) is 1. The molecule has 0 bridgehead atoms. The molecule has 1 fully saturated rings. The van der Waals surface area contributed by atoms with E-state index in [0.29, 0.717) is 10.6 Å². The SMILES string of the molecule is CN(C)S(=O)(=O)N(CC(=O)N(Cc1ccc(Cl)cc1Cl)[C@H](Cc1ccccc1)C(=O)NC1CCCC1)c1ccccc1F. The number of nitrogens with zero attached hydrogens (tertiary/aromatic N) is 3. The minimum absolute atomic E-state index is 0.0223. The zero-order valence-electron chi connectivity index (χ0n) is 24.0. The van der Waals surface area contributed by atoms with Gasteiger partial charge in [0, 0.05) is 43.1 Å². The van der Waals surface area contributed by atoms with Gasteiger partial charge in [0.2, 0.25) is 11.8 Å². The van der Waals surface area contributed by atoms with Gasteiger partial charge in [0.1, 0.15) is 18.4 Å². The van der Waals surface area contributed by atoms with Crippen molar-refractivity contribution < 1.29 is 22.4 Å². The number of anilines is 1. The van der Waals surface area contributed by atoms with Crippen molar-refractivity contribution in [1.82, 2.24) is 14.5 Å². The molecule has 1 saturated carbocycles. The van der Waals surface area contributed by atoms with Crippen molar-refractivity contribution in [1.29, 1.82) is 0 Å². The number of amides is 2. The molecule has 0 spiro atoms. The summed E-state index contributed by atoms with van der Waals surface area (Å²) in [5, 5.41) is 3.78. The monoisotopic (exact) mass is 648 g/mol. The molecule has 8 nitrogen and oxygen atoms in total. The lowest BCUT2D eigenvalue weighted by Gasteiger charge is -2.35. The Bertz CT molecular complexity index is 1540. The molecule has 230 valence electrons. The van der Waals surface area contributed by atoms with Crippen LogP contribution in [0.1, 0.15) is 36.8 Å². The van der Waals surface area contributed by atoms with E-state index >= 15 is 0 Å². The molecule has 0 saturated heterocycles. The van der Waals surface area contributed by atoms with Crippen molar-refractivity contribution >= 4 is 50.9 Å². The largest absolute Gasteiger partial charge is 0.352 e. The van der Waals surface area contributed by atoms with Crippen LogP contribution in [0.25, 0.3) is 0 Å². The first-order valence-electron chi connectivity index (χ1n) is 14.0. The molecule has 0 aliphatic heterocycles. The van der Waals surface area contributed by atoms with Crippen LogP contribution < -0.4 is 9.62 Å². The number of carbonyl (C=O) groups is 2. The lowest BCUT2D eigenvalue weighted by atomic mass is 10.0. The topological polar surface area (TPSA) is 90.0 Å². The second-order valence-corrected chi connectivity index (χ2v) is 13.6. The van der Waals surface area contributed by atoms with Gasteiger partial charge in [0.05, 0.1) is 5.69 Å². The zero-order chi connectivity index (χ0) is 31.1. The fourth-order valence-electron chi connectivity index (χ4n) is 5.11. The molecule has 1 N–H and O–H groups in total. The highest BCUT2D eigenvalue weighted by molar-refractivity contribution is 7.90. The minimum atomic E-state index is -4.32. The van der Waals surface area contributed by atoms with Gasteiger partial charge in [0.25, 0.3) is 0 Å². The molecule has 1 aliphatic rings. The summed E-state index contributed by atoms with van der Waals surface area (Å²) in [6.07, 6.45) is 3.83. The van der Waals surface area contributed by atoms with Gasteiger partial charge in [-0.3, -0.25) is 9.59 Å². The van der Waals surface area contributed by atoms with Crippen molar-refractivity contribution in [3.05, 3.63) is 99.8 Å². The Labute approximate surface area is 262 Å². The normalized spacial score (nSPS) is 14.5. The van der Waals surface area contributed by atoms with E-state index in [1.807, 2.05) is 30.3 Å². The molecule has 4 rings (SSSR count). The maximum atomic E-state index is 15.0. The molecule has 12 heteroatoms. The highest BCUT2D eigenvalue weighted by Crippen LogP contribution is 2.27. The fourth-order valence-corrected chi connectivity index (χ4v) is 6.64. The molecule has 0 aromatic heterocycles. The molecular weight excluding hydrogens is 614 g/mol. The third-order valence-corrected chi connectivity index (χ3v) is 9.86. The Balaban J connectivity index is 1.78. The zero-order valence-corrected chi connectivity index (χ0v) is 26.4. The van der Waals surface area contributed by atoms with E-state index < -0.39 is 34.5 Å². The second-order valence-electron chi connectivity index (χ2n) is 10.7. The lowest BCUT2D eigenvalue weighted by molar-refractivity contribution is -0.140. The Morgan fingerprint density at radius 3 is 2.26 bits per heavy atom. The highest BCUT2D eigenvalue weighted by Gasteiger charge is 2.36. The Morgan fingerprint density at radius 2 is 1.63 bits per heavy atom. The van der Waals surface area contributed by atoms with Gasteiger partial charge in [0.15, 0.2) is 0 Å². The van der Waals surface area contributed by atoms with Crippen LogP contribution in [-0.4, -0.2) is 62.2 Å². The Kier molecular flexibility index (Phi) is 11.1. The van der Waals surface area contributed by atoms with Crippen molar-refractivity contribution in [3.63, 3.8) is 0 Å². The molecular formula is C31H35Cl2FN4O4S. The third kappa shape index (κ3) is 8.26. The first-order chi connectivity index (χ1) is 20.5. The predicted octanol–water partition coefficient (Wildman–Crippen LogP) is 5.44. The van der Waals surface area contributed by atoms with Crippen LogP contribution in [0, 0.1) is 5.82 Å². The third-order valence-electron chi connectivity index (χ3n) is 7.47. The number of benzene rings is 3. The number of carbonyl (C=O) groups excluding carboxylic acids is 2. The summed E-state index contributed by atoms with van der Waals surface area (Å²) < 4.78 is 43.4. The van der Waals surface area contributed by atoms with Gasteiger partial charge in [-0.25, -0.2) is 8.70 Å². The minimum Gasteiger partial charge on any atom is -0.352 e. The summed E-state index contributed by atoms with van der Waals surface area (Å²) in [4.78, 5) is 29.6. The fraction of sp³-hybridized carbons (Fsp3) is 0.355. The summed E-state index contributed by atoms with van der Waals surface area (Å²) in [7, 11) is -1.72. The molecule has 2 amide bonds. The van der Waals surface area contributed by atoms with Crippen LogP contribution in [0.2, 0.25) is 10.0 Å². The highest BCUT2D eigenvalue weighted by atomic mass is 35.5.